The van der Waals surface area contributed by atoms with E-state index in [1.54, 1.807) is 41.8 Å². The maximum Gasteiger partial charge on any atom is 0.271 e. The van der Waals surface area contributed by atoms with Gasteiger partial charge in [-0.05, 0) is 35.7 Å². The lowest BCUT2D eigenvalue weighted by atomic mass is 10.2. The van der Waals surface area contributed by atoms with Gasteiger partial charge in [0.05, 0.1) is 14.2 Å². The third kappa shape index (κ3) is 4.62. The topological polar surface area (TPSA) is 93.7 Å². The van der Waals surface area contributed by atoms with Gasteiger partial charge in [-0.25, -0.2) is 8.42 Å². The first-order chi connectivity index (χ1) is 13.4. The monoisotopic (exact) mass is 418 g/mol. The van der Waals surface area contributed by atoms with E-state index < -0.39 is 10.0 Å². The average Bonchev–Trinajstić information content (AvgIpc) is 3.23. The summed E-state index contributed by atoms with van der Waals surface area (Å²) >= 11 is 1.13. The van der Waals surface area contributed by atoms with Crippen LogP contribution in [0.4, 0.5) is 11.4 Å². The quantitative estimate of drug-likeness (QED) is 0.608. The number of sulfonamides is 1. The lowest BCUT2D eigenvalue weighted by molar-refractivity contribution is 0.102. The molecule has 0 saturated heterocycles. The van der Waals surface area contributed by atoms with Crippen LogP contribution >= 0.6 is 11.3 Å². The third-order valence-electron chi connectivity index (χ3n) is 3.77. The molecule has 0 aliphatic rings. The number of methoxy groups -OCH3 is 2. The summed E-state index contributed by atoms with van der Waals surface area (Å²) in [6, 6.07) is 14.4. The van der Waals surface area contributed by atoms with Crippen molar-refractivity contribution in [1.82, 2.24) is 0 Å². The Bertz CT molecular complexity index is 1040. The first-order valence-corrected chi connectivity index (χ1v) is 10.5. The molecule has 0 radical (unpaired) electrons. The van der Waals surface area contributed by atoms with Crippen LogP contribution in [0.2, 0.25) is 0 Å². The summed E-state index contributed by atoms with van der Waals surface area (Å²) in [7, 11) is -0.579. The lowest BCUT2D eigenvalue weighted by Gasteiger charge is -2.10. The molecule has 0 fully saturated rings. The Balaban J connectivity index is 1.72. The van der Waals surface area contributed by atoms with Gasteiger partial charge < -0.3 is 14.8 Å². The van der Waals surface area contributed by atoms with Gasteiger partial charge in [0, 0.05) is 35.1 Å². The number of carbonyl (C=O) groups is 1. The van der Waals surface area contributed by atoms with Gasteiger partial charge in [0.25, 0.3) is 15.9 Å². The second kappa shape index (κ2) is 8.32. The first kappa shape index (κ1) is 19.7. The van der Waals surface area contributed by atoms with Gasteiger partial charge in [0.2, 0.25) is 0 Å². The fourth-order valence-electron chi connectivity index (χ4n) is 2.39. The number of carbonyl (C=O) groups excluding carboxylic acids is 1. The highest BCUT2D eigenvalue weighted by Crippen LogP contribution is 2.26. The Morgan fingerprint density at radius 3 is 2.11 bits per heavy atom. The number of ether oxygens (including phenoxy) is 2. The maximum absolute atomic E-state index is 12.5. The van der Waals surface area contributed by atoms with Gasteiger partial charge in [0.15, 0.2) is 0 Å². The van der Waals surface area contributed by atoms with Crippen molar-refractivity contribution in [3.63, 3.8) is 0 Å². The zero-order chi connectivity index (χ0) is 20.1. The Morgan fingerprint density at radius 1 is 0.929 bits per heavy atom. The molecule has 2 N–H and O–H groups in total. The molecule has 0 bridgehead atoms. The van der Waals surface area contributed by atoms with Crippen LogP contribution in [-0.4, -0.2) is 28.5 Å². The van der Waals surface area contributed by atoms with Gasteiger partial charge in [0.1, 0.15) is 15.7 Å². The fraction of sp³-hybridized carbons (Fsp3) is 0.105. The minimum atomic E-state index is -3.63. The SMILES string of the molecule is COc1cc(NC(=O)c2ccc(NS(=O)(=O)c3cccs3)cc2)cc(OC)c1. The summed E-state index contributed by atoms with van der Waals surface area (Å²) in [6.45, 7) is 0. The van der Waals surface area contributed by atoms with Gasteiger partial charge in [-0.1, -0.05) is 6.07 Å². The van der Waals surface area contributed by atoms with Gasteiger partial charge in [-0.15, -0.1) is 11.3 Å². The predicted octanol–water partition coefficient (Wildman–Crippen LogP) is 3.82. The minimum Gasteiger partial charge on any atom is -0.497 e. The standard InChI is InChI=1S/C19H18N2O5S2/c1-25-16-10-15(11-17(12-16)26-2)20-19(22)13-5-7-14(8-6-13)21-28(23,24)18-4-3-9-27-18/h3-12,21H,1-2H3,(H,20,22). The number of thiophene rings is 1. The van der Waals surface area contributed by atoms with E-state index in [2.05, 4.69) is 10.0 Å². The molecule has 1 amide bonds. The third-order valence-corrected chi connectivity index (χ3v) is 6.55. The molecule has 0 aliphatic heterocycles. The molecule has 1 heterocycles. The van der Waals surface area contributed by atoms with E-state index in [1.165, 1.54) is 32.4 Å². The fourth-order valence-corrected chi connectivity index (χ4v) is 4.45. The normalized spacial score (nSPS) is 10.9. The van der Waals surface area contributed by atoms with Crippen molar-refractivity contribution in [2.24, 2.45) is 0 Å². The Morgan fingerprint density at radius 2 is 1.57 bits per heavy atom. The zero-order valence-electron chi connectivity index (χ0n) is 15.1. The van der Waals surface area contributed by atoms with Crippen molar-refractivity contribution in [3.8, 4) is 11.5 Å². The van der Waals surface area contributed by atoms with E-state index in [9.17, 15) is 13.2 Å². The summed E-state index contributed by atoms with van der Waals surface area (Å²) in [6.07, 6.45) is 0. The maximum atomic E-state index is 12.5. The molecule has 0 saturated carbocycles. The molecule has 3 rings (SSSR count). The smallest absolute Gasteiger partial charge is 0.271 e. The predicted molar refractivity (Wildman–Crippen MR) is 109 cm³/mol. The number of rotatable bonds is 7. The van der Waals surface area contributed by atoms with Crippen molar-refractivity contribution >= 4 is 38.6 Å². The molecule has 0 unspecified atom stereocenters. The first-order valence-electron chi connectivity index (χ1n) is 8.12. The Kier molecular flexibility index (Phi) is 5.86. The summed E-state index contributed by atoms with van der Waals surface area (Å²) in [5, 5.41) is 4.45. The van der Waals surface area contributed by atoms with E-state index >= 15 is 0 Å². The highest BCUT2D eigenvalue weighted by molar-refractivity contribution is 7.94. The lowest BCUT2D eigenvalue weighted by Crippen LogP contribution is -2.13. The number of benzene rings is 2. The summed E-state index contributed by atoms with van der Waals surface area (Å²) < 4.78 is 37.6. The molecule has 28 heavy (non-hydrogen) atoms. The molecule has 146 valence electrons. The van der Waals surface area contributed by atoms with Crippen molar-refractivity contribution in [2.45, 2.75) is 4.21 Å². The number of anilines is 2. The molecule has 9 heteroatoms. The van der Waals surface area contributed by atoms with Crippen LogP contribution in [-0.2, 0) is 10.0 Å². The molecular weight excluding hydrogens is 400 g/mol. The Labute approximate surface area is 167 Å². The van der Waals surface area contributed by atoms with Crippen LogP contribution < -0.4 is 19.5 Å². The molecule has 1 aromatic heterocycles. The molecule has 0 aliphatic carbocycles. The van der Waals surface area contributed by atoms with Crippen LogP contribution in [0.25, 0.3) is 0 Å². The van der Waals surface area contributed by atoms with Gasteiger partial charge >= 0.3 is 0 Å². The minimum absolute atomic E-state index is 0.223. The van der Waals surface area contributed by atoms with E-state index in [0.29, 0.717) is 28.4 Å². The molecule has 3 aromatic rings. The molecular formula is C19H18N2O5S2. The van der Waals surface area contributed by atoms with E-state index in [1.807, 2.05) is 0 Å². The summed E-state index contributed by atoms with van der Waals surface area (Å²) in [5.74, 6) is 0.754. The van der Waals surface area contributed by atoms with Crippen molar-refractivity contribution in [2.75, 3.05) is 24.3 Å². The molecule has 0 spiro atoms. The largest absolute Gasteiger partial charge is 0.497 e. The highest BCUT2D eigenvalue weighted by atomic mass is 32.2. The van der Waals surface area contributed by atoms with E-state index in [0.717, 1.165) is 11.3 Å². The molecule has 2 aromatic carbocycles. The van der Waals surface area contributed by atoms with Crippen molar-refractivity contribution < 1.29 is 22.7 Å². The second-order valence-electron chi connectivity index (χ2n) is 5.67. The zero-order valence-corrected chi connectivity index (χ0v) is 16.8. The average molecular weight is 418 g/mol. The summed E-state index contributed by atoms with van der Waals surface area (Å²) in [5.41, 5.74) is 1.26. The van der Waals surface area contributed by atoms with Crippen molar-refractivity contribution in [1.29, 1.82) is 0 Å². The highest BCUT2D eigenvalue weighted by Gasteiger charge is 2.15. The van der Waals surface area contributed by atoms with Crippen LogP contribution in [0.3, 0.4) is 0 Å². The van der Waals surface area contributed by atoms with Crippen molar-refractivity contribution in [3.05, 3.63) is 65.5 Å². The van der Waals surface area contributed by atoms with Gasteiger partial charge in [-0.3, -0.25) is 9.52 Å². The molecule has 0 atom stereocenters. The number of hydrogen-bond acceptors (Lipinski definition) is 6. The number of amides is 1. The van der Waals surface area contributed by atoms with E-state index in [4.69, 9.17) is 9.47 Å². The number of hydrogen-bond donors (Lipinski definition) is 2. The number of nitrogens with one attached hydrogen (secondary N) is 2. The van der Waals surface area contributed by atoms with E-state index in [-0.39, 0.29) is 10.1 Å². The van der Waals surface area contributed by atoms with Gasteiger partial charge in [-0.2, -0.15) is 0 Å². The summed E-state index contributed by atoms with van der Waals surface area (Å²) in [4.78, 5) is 12.5. The van der Waals surface area contributed by atoms with Crippen LogP contribution in [0, 0.1) is 0 Å². The van der Waals surface area contributed by atoms with Crippen LogP contribution in [0.5, 0.6) is 11.5 Å². The molecule has 7 nitrogen and oxygen atoms in total. The Hall–Kier alpha value is -3.04. The second-order valence-corrected chi connectivity index (χ2v) is 8.53. The van der Waals surface area contributed by atoms with Crippen LogP contribution in [0.1, 0.15) is 10.4 Å². The van der Waals surface area contributed by atoms with Crippen LogP contribution in [0.15, 0.2) is 64.2 Å².